The summed E-state index contributed by atoms with van der Waals surface area (Å²) < 4.78 is 5.27. The van der Waals surface area contributed by atoms with Crippen LogP contribution in [0, 0.1) is 0 Å². The molecule has 1 unspecified atom stereocenters. The first-order valence-corrected chi connectivity index (χ1v) is 3.75. The number of allylic oxidation sites excluding steroid dienone is 2. The van der Waals surface area contributed by atoms with Gasteiger partial charge in [-0.05, 0) is 25.3 Å². The van der Waals surface area contributed by atoms with Crippen molar-refractivity contribution < 1.29 is 9.84 Å². The molecule has 1 rings (SSSR count). The molecule has 0 aromatic carbocycles. The van der Waals surface area contributed by atoms with Gasteiger partial charge in [0, 0.05) is 0 Å². The number of rotatable bonds is 3. The maximum atomic E-state index is 8.87. The molecule has 0 radical (unpaired) electrons. The van der Waals surface area contributed by atoms with Crippen molar-refractivity contribution in [2.45, 2.75) is 13.0 Å². The van der Waals surface area contributed by atoms with Crippen molar-refractivity contribution in [3.63, 3.8) is 0 Å². The maximum absolute atomic E-state index is 8.87. The minimum atomic E-state index is -0.0695. The van der Waals surface area contributed by atoms with Crippen LogP contribution in [-0.4, -0.2) is 24.4 Å². The van der Waals surface area contributed by atoms with E-state index < -0.39 is 0 Å². The van der Waals surface area contributed by atoms with Crippen molar-refractivity contribution >= 4 is 0 Å². The minimum absolute atomic E-state index is 0.0656. The van der Waals surface area contributed by atoms with E-state index in [1.54, 1.807) is 6.20 Å². The Morgan fingerprint density at radius 2 is 2.55 bits per heavy atom. The average Bonchev–Trinajstić information content (AvgIpc) is 2.06. The molecule has 0 aliphatic carbocycles. The van der Waals surface area contributed by atoms with E-state index in [1.807, 2.05) is 19.1 Å². The summed E-state index contributed by atoms with van der Waals surface area (Å²) in [6.45, 7) is 2.63. The molecule has 0 aromatic heterocycles. The Labute approximate surface area is 66.4 Å². The molecule has 1 aliphatic heterocycles. The van der Waals surface area contributed by atoms with Crippen LogP contribution in [0.3, 0.4) is 0 Å². The Hall–Kier alpha value is -0.960. The Morgan fingerprint density at radius 3 is 3.18 bits per heavy atom. The van der Waals surface area contributed by atoms with E-state index in [-0.39, 0.29) is 12.6 Å². The van der Waals surface area contributed by atoms with Crippen LogP contribution in [0.1, 0.15) is 6.92 Å². The standard InChI is InChI=1S/C8H13NO2/c1-2-11-8-4-3-5-9-7(8)6-10/h3-5,7,9-10H,2,6H2,1H3. The van der Waals surface area contributed by atoms with Gasteiger partial charge in [-0.1, -0.05) is 0 Å². The second kappa shape index (κ2) is 4.03. The molecular formula is C8H13NO2. The lowest BCUT2D eigenvalue weighted by Gasteiger charge is -2.20. The van der Waals surface area contributed by atoms with Gasteiger partial charge in [0.15, 0.2) is 0 Å². The van der Waals surface area contributed by atoms with Crippen LogP contribution in [0.2, 0.25) is 0 Å². The molecule has 1 aliphatic rings. The van der Waals surface area contributed by atoms with Crippen LogP contribution < -0.4 is 5.32 Å². The second-order valence-electron chi connectivity index (χ2n) is 2.26. The topological polar surface area (TPSA) is 41.5 Å². The zero-order chi connectivity index (χ0) is 8.10. The highest BCUT2D eigenvalue weighted by atomic mass is 16.5. The molecule has 3 heteroatoms. The molecule has 0 fully saturated rings. The SMILES string of the molecule is CCOC1=CC=CNC1CO. The molecule has 11 heavy (non-hydrogen) atoms. The third kappa shape index (κ3) is 1.98. The van der Waals surface area contributed by atoms with E-state index in [9.17, 15) is 0 Å². The molecule has 0 saturated heterocycles. The summed E-state index contributed by atoms with van der Waals surface area (Å²) in [5.74, 6) is 0.803. The first-order chi connectivity index (χ1) is 5.38. The smallest absolute Gasteiger partial charge is 0.121 e. The fraction of sp³-hybridized carbons (Fsp3) is 0.500. The van der Waals surface area contributed by atoms with Crippen molar-refractivity contribution in [1.82, 2.24) is 5.32 Å². The average molecular weight is 155 g/mol. The largest absolute Gasteiger partial charge is 0.496 e. The Balaban J connectivity index is 2.55. The fourth-order valence-corrected chi connectivity index (χ4v) is 0.971. The van der Waals surface area contributed by atoms with Gasteiger partial charge in [0.25, 0.3) is 0 Å². The molecule has 0 saturated carbocycles. The molecule has 62 valence electrons. The third-order valence-corrected chi connectivity index (χ3v) is 1.49. The van der Waals surface area contributed by atoms with E-state index in [0.29, 0.717) is 6.61 Å². The third-order valence-electron chi connectivity index (χ3n) is 1.49. The molecule has 0 spiro atoms. The summed E-state index contributed by atoms with van der Waals surface area (Å²) in [7, 11) is 0. The van der Waals surface area contributed by atoms with E-state index in [1.165, 1.54) is 0 Å². The van der Waals surface area contributed by atoms with Crippen molar-refractivity contribution in [1.29, 1.82) is 0 Å². The summed E-state index contributed by atoms with van der Waals surface area (Å²) in [6.07, 6.45) is 5.52. The quantitative estimate of drug-likeness (QED) is 0.619. The summed E-state index contributed by atoms with van der Waals surface area (Å²) in [5, 5.41) is 11.9. The van der Waals surface area contributed by atoms with Gasteiger partial charge >= 0.3 is 0 Å². The highest BCUT2D eigenvalue weighted by molar-refractivity contribution is 5.18. The molecule has 1 heterocycles. The van der Waals surface area contributed by atoms with Gasteiger partial charge in [-0.2, -0.15) is 0 Å². The Morgan fingerprint density at radius 1 is 1.73 bits per heavy atom. The van der Waals surface area contributed by atoms with Gasteiger partial charge in [-0.25, -0.2) is 0 Å². The van der Waals surface area contributed by atoms with Gasteiger partial charge in [0.1, 0.15) is 11.8 Å². The van der Waals surface area contributed by atoms with Gasteiger partial charge in [0.05, 0.1) is 13.2 Å². The fourth-order valence-electron chi connectivity index (χ4n) is 0.971. The van der Waals surface area contributed by atoms with E-state index in [0.717, 1.165) is 5.76 Å². The predicted molar refractivity (Wildman–Crippen MR) is 42.9 cm³/mol. The lowest BCUT2D eigenvalue weighted by atomic mass is 10.2. The molecule has 0 aromatic rings. The second-order valence-corrected chi connectivity index (χ2v) is 2.26. The zero-order valence-electron chi connectivity index (χ0n) is 6.58. The summed E-state index contributed by atoms with van der Waals surface area (Å²) in [6, 6.07) is -0.0695. The molecular weight excluding hydrogens is 142 g/mol. The highest BCUT2D eigenvalue weighted by Crippen LogP contribution is 2.07. The van der Waals surface area contributed by atoms with Crippen LogP contribution in [-0.2, 0) is 4.74 Å². The lowest BCUT2D eigenvalue weighted by molar-refractivity contribution is 0.167. The first-order valence-electron chi connectivity index (χ1n) is 3.75. The van der Waals surface area contributed by atoms with Gasteiger partial charge in [0.2, 0.25) is 0 Å². The zero-order valence-corrected chi connectivity index (χ0v) is 6.58. The Bertz CT molecular complexity index is 175. The number of hydrogen-bond acceptors (Lipinski definition) is 3. The van der Waals surface area contributed by atoms with E-state index >= 15 is 0 Å². The first kappa shape index (κ1) is 8.14. The molecule has 0 amide bonds. The van der Waals surface area contributed by atoms with Crippen LogP contribution in [0.4, 0.5) is 0 Å². The van der Waals surface area contributed by atoms with Crippen molar-refractivity contribution in [2.75, 3.05) is 13.2 Å². The highest BCUT2D eigenvalue weighted by Gasteiger charge is 2.13. The molecule has 1 atom stereocenters. The van der Waals surface area contributed by atoms with Crippen LogP contribution in [0.25, 0.3) is 0 Å². The number of nitrogens with one attached hydrogen (secondary N) is 1. The van der Waals surface area contributed by atoms with Crippen molar-refractivity contribution in [2.24, 2.45) is 0 Å². The molecule has 0 bridgehead atoms. The molecule has 2 N–H and O–H groups in total. The number of hydrogen-bond donors (Lipinski definition) is 2. The van der Waals surface area contributed by atoms with Crippen LogP contribution in [0.15, 0.2) is 24.1 Å². The summed E-state index contributed by atoms with van der Waals surface area (Å²) >= 11 is 0. The van der Waals surface area contributed by atoms with E-state index in [4.69, 9.17) is 9.84 Å². The van der Waals surface area contributed by atoms with Crippen LogP contribution in [0.5, 0.6) is 0 Å². The number of aliphatic hydroxyl groups excluding tert-OH is 1. The lowest BCUT2D eigenvalue weighted by Crippen LogP contribution is -2.33. The van der Waals surface area contributed by atoms with E-state index in [2.05, 4.69) is 5.32 Å². The predicted octanol–water partition coefficient (Wildman–Crippen LogP) is 0.385. The summed E-state index contributed by atoms with van der Waals surface area (Å²) in [4.78, 5) is 0. The van der Waals surface area contributed by atoms with Gasteiger partial charge < -0.3 is 15.2 Å². The number of aliphatic hydroxyl groups is 1. The van der Waals surface area contributed by atoms with Gasteiger partial charge in [-0.15, -0.1) is 0 Å². The Kier molecular flexibility index (Phi) is 2.98. The van der Waals surface area contributed by atoms with Crippen molar-refractivity contribution in [3.05, 3.63) is 24.1 Å². The number of dihydropyridines is 1. The van der Waals surface area contributed by atoms with Crippen molar-refractivity contribution in [3.8, 4) is 0 Å². The number of ether oxygens (including phenoxy) is 1. The minimum Gasteiger partial charge on any atom is -0.496 e. The maximum Gasteiger partial charge on any atom is 0.121 e. The van der Waals surface area contributed by atoms with Crippen LogP contribution >= 0.6 is 0 Å². The van der Waals surface area contributed by atoms with Gasteiger partial charge in [-0.3, -0.25) is 0 Å². The normalized spacial score (nSPS) is 22.4. The monoisotopic (exact) mass is 155 g/mol. The summed E-state index contributed by atoms with van der Waals surface area (Å²) in [5.41, 5.74) is 0. The molecule has 3 nitrogen and oxygen atoms in total.